The van der Waals surface area contributed by atoms with Gasteiger partial charge in [-0.05, 0) is 22.0 Å². The second kappa shape index (κ2) is 7.68. The Hall–Kier alpha value is -2.05. The molecule has 126 valence electrons. The van der Waals surface area contributed by atoms with E-state index in [4.69, 9.17) is 11.6 Å². The number of pyridine rings is 1. The highest BCUT2D eigenvalue weighted by molar-refractivity contribution is 9.10. The van der Waals surface area contributed by atoms with E-state index in [1.165, 1.54) is 19.4 Å². The third kappa shape index (κ3) is 4.07. The van der Waals surface area contributed by atoms with Gasteiger partial charge in [-0.2, -0.15) is 10.4 Å². The molecule has 0 spiro atoms. The van der Waals surface area contributed by atoms with E-state index >= 15 is 0 Å². The van der Waals surface area contributed by atoms with Crippen molar-refractivity contribution < 1.29 is 13.6 Å². The smallest absolute Gasteiger partial charge is 0.282 e. The molecule has 1 amide bonds. The van der Waals surface area contributed by atoms with E-state index in [2.05, 4.69) is 31.3 Å². The van der Waals surface area contributed by atoms with Crippen LogP contribution in [0.4, 0.5) is 8.78 Å². The molecule has 0 aliphatic rings. The van der Waals surface area contributed by atoms with Crippen molar-refractivity contribution in [3.63, 3.8) is 0 Å². The van der Waals surface area contributed by atoms with Gasteiger partial charge in [-0.25, -0.2) is 8.78 Å². The molecule has 1 unspecified atom stereocenters. The minimum absolute atomic E-state index is 0.124. The molecular formula is C14H11BrClF2N5O. The highest BCUT2D eigenvalue weighted by Gasteiger charge is 2.24. The molecule has 0 fully saturated rings. The highest BCUT2D eigenvalue weighted by Crippen LogP contribution is 2.25. The monoisotopic (exact) mass is 417 g/mol. The van der Waals surface area contributed by atoms with E-state index in [9.17, 15) is 18.8 Å². The first-order valence-corrected chi connectivity index (χ1v) is 7.81. The summed E-state index contributed by atoms with van der Waals surface area (Å²) >= 11 is 9.24. The number of aryl methyl sites for hydroxylation is 1. The number of nitriles is 1. The SMILES string of the molecule is Cn1cc(C(=O)NCC(C#N)c2ncc(Br)cc2Cl)c(C(F)F)n1. The largest absolute Gasteiger partial charge is 0.350 e. The van der Waals surface area contributed by atoms with Gasteiger partial charge in [0.05, 0.1) is 22.3 Å². The van der Waals surface area contributed by atoms with E-state index in [0.717, 1.165) is 4.68 Å². The van der Waals surface area contributed by atoms with Crippen LogP contribution in [-0.2, 0) is 7.05 Å². The molecule has 1 atom stereocenters. The molecule has 10 heteroatoms. The standard InChI is InChI=1S/C14H11BrClF2N5O/c1-23-6-9(12(22-23)13(17)18)14(24)21-4-7(3-19)11-10(16)2-8(15)5-20-11/h2,5-7,13H,4H2,1H3,(H,21,24). The minimum Gasteiger partial charge on any atom is -0.350 e. The first kappa shape index (κ1) is 18.3. The van der Waals surface area contributed by atoms with Crippen LogP contribution >= 0.6 is 27.5 Å². The lowest BCUT2D eigenvalue weighted by Crippen LogP contribution is -2.29. The van der Waals surface area contributed by atoms with Gasteiger partial charge in [0.25, 0.3) is 12.3 Å². The second-order valence-electron chi connectivity index (χ2n) is 4.81. The summed E-state index contributed by atoms with van der Waals surface area (Å²) in [6.45, 7) is -0.124. The maximum absolute atomic E-state index is 12.9. The molecule has 0 aliphatic carbocycles. The average Bonchev–Trinajstić information content (AvgIpc) is 2.91. The molecule has 0 aromatic carbocycles. The maximum atomic E-state index is 12.9. The molecule has 0 bridgehead atoms. The van der Waals surface area contributed by atoms with Crippen molar-refractivity contribution in [3.05, 3.63) is 44.9 Å². The highest BCUT2D eigenvalue weighted by atomic mass is 79.9. The Bertz CT molecular complexity index is 805. The van der Waals surface area contributed by atoms with Crippen molar-refractivity contribution in [2.75, 3.05) is 6.54 Å². The molecule has 2 rings (SSSR count). The number of alkyl halides is 2. The van der Waals surface area contributed by atoms with Crippen molar-refractivity contribution in [3.8, 4) is 6.07 Å². The molecule has 0 saturated heterocycles. The quantitative estimate of drug-likeness (QED) is 0.808. The number of halogens is 4. The summed E-state index contributed by atoms with van der Waals surface area (Å²) in [4.78, 5) is 16.2. The fraction of sp³-hybridized carbons (Fsp3) is 0.286. The Labute approximate surface area is 149 Å². The van der Waals surface area contributed by atoms with Gasteiger partial charge < -0.3 is 5.32 Å². The maximum Gasteiger partial charge on any atom is 0.282 e. The van der Waals surface area contributed by atoms with Crippen LogP contribution in [0.15, 0.2) is 22.9 Å². The third-order valence-corrected chi connectivity index (χ3v) is 3.83. The van der Waals surface area contributed by atoms with Crippen molar-refractivity contribution in [2.24, 2.45) is 7.05 Å². The minimum atomic E-state index is -2.87. The summed E-state index contributed by atoms with van der Waals surface area (Å²) in [6, 6.07) is 3.56. The van der Waals surface area contributed by atoms with Gasteiger partial charge in [0.15, 0.2) is 0 Å². The summed E-state index contributed by atoms with van der Waals surface area (Å²) in [5.41, 5.74) is -0.551. The zero-order valence-corrected chi connectivity index (χ0v) is 14.6. The summed E-state index contributed by atoms with van der Waals surface area (Å²) in [5, 5.41) is 15.5. The van der Waals surface area contributed by atoms with Gasteiger partial charge in [-0.15, -0.1) is 0 Å². The van der Waals surface area contributed by atoms with E-state index in [-0.39, 0.29) is 17.1 Å². The summed E-state index contributed by atoms with van der Waals surface area (Å²) in [5.74, 6) is -1.56. The van der Waals surface area contributed by atoms with E-state index in [1.54, 1.807) is 6.07 Å². The van der Waals surface area contributed by atoms with Crippen molar-refractivity contribution >= 4 is 33.4 Å². The summed E-state index contributed by atoms with van der Waals surface area (Å²) < 4.78 is 27.5. The Morgan fingerprint density at radius 1 is 1.54 bits per heavy atom. The van der Waals surface area contributed by atoms with Crippen LogP contribution < -0.4 is 5.32 Å². The Kier molecular flexibility index (Phi) is 5.85. The first-order chi connectivity index (χ1) is 11.3. The molecule has 2 aromatic heterocycles. The lowest BCUT2D eigenvalue weighted by Gasteiger charge is -2.11. The number of nitrogens with one attached hydrogen (secondary N) is 1. The molecule has 0 saturated carbocycles. The lowest BCUT2D eigenvalue weighted by atomic mass is 10.1. The Morgan fingerprint density at radius 3 is 2.83 bits per heavy atom. The predicted molar refractivity (Wildman–Crippen MR) is 85.8 cm³/mol. The van der Waals surface area contributed by atoms with Gasteiger partial charge in [-0.1, -0.05) is 11.6 Å². The topological polar surface area (TPSA) is 83.6 Å². The number of amides is 1. The van der Waals surface area contributed by atoms with Crippen LogP contribution in [0.5, 0.6) is 0 Å². The first-order valence-electron chi connectivity index (χ1n) is 6.64. The molecule has 6 nitrogen and oxygen atoms in total. The van der Waals surface area contributed by atoms with E-state index < -0.39 is 23.9 Å². The molecule has 2 heterocycles. The Balaban J connectivity index is 2.14. The van der Waals surface area contributed by atoms with E-state index in [0.29, 0.717) is 10.2 Å². The van der Waals surface area contributed by atoms with Gasteiger partial charge >= 0.3 is 0 Å². The number of hydrogen-bond acceptors (Lipinski definition) is 4. The molecule has 1 N–H and O–H groups in total. The molecule has 0 radical (unpaired) electrons. The van der Waals surface area contributed by atoms with Gasteiger partial charge in [0, 0.05) is 30.5 Å². The molecule has 24 heavy (non-hydrogen) atoms. The zero-order valence-electron chi connectivity index (χ0n) is 12.3. The number of aromatic nitrogens is 3. The van der Waals surface area contributed by atoms with Crippen molar-refractivity contribution in [1.82, 2.24) is 20.1 Å². The number of carbonyl (C=O) groups excluding carboxylic acids is 1. The zero-order chi connectivity index (χ0) is 17.9. The normalized spacial score (nSPS) is 12.0. The number of carbonyl (C=O) groups is 1. The molecule has 2 aromatic rings. The summed E-state index contributed by atoms with van der Waals surface area (Å²) in [6.07, 6.45) is -0.201. The molecular weight excluding hydrogens is 408 g/mol. The Morgan fingerprint density at radius 2 is 2.25 bits per heavy atom. The van der Waals surface area contributed by atoms with Crippen LogP contribution in [0.3, 0.4) is 0 Å². The van der Waals surface area contributed by atoms with Crippen LogP contribution in [-0.4, -0.2) is 27.2 Å². The average molecular weight is 419 g/mol. The van der Waals surface area contributed by atoms with Crippen molar-refractivity contribution in [2.45, 2.75) is 12.3 Å². The van der Waals surface area contributed by atoms with Gasteiger partial charge in [0.1, 0.15) is 11.6 Å². The van der Waals surface area contributed by atoms with E-state index in [1.807, 2.05) is 6.07 Å². The number of nitrogens with zero attached hydrogens (tertiary/aromatic N) is 4. The van der Waals surface area contributed by atoms with Crippen LogP contribution in [0.25, 0.3) is 0 Å². The lowest BCUT2D eigenvalue weighted by molar-refractivity contribution is 0.0938. The number of hydrogen-bond donors (Lipinski definition) is 1. The third-order valence-electron chi connectivity index (χ3n) is 3.10. The fourth-order valence-electron chi connectivity index (χ4n) is 2.02. The van der Waals surface area contributed by atoms with Gasteiger partial charge in [0.2, 0.25) is 0 Å². The molecule has 0 aliphatic heterocycles. The van der Waals surface area contributed by atoms with Crippen LogP contribution in [0.1, 0.15) is 34.1 Å². The predicted octanol–water partition coefficient (Wildman–Crippen LogP) is 3.21. The number of rotatable bonds is 5. The van der Waals surface area contributed by atoms with Gasteiger partial charge in [-0.3, -0.25) is 14.5 Å². The second-order valence-corrected chi connectivity index (χ2v) is 6.14. The van der Waals surface area contributed by atoms with Crippen LogP contribution in [0.2, 0.25) is 5.02 Å². The summed E-state index contributed by atoms with van der Waals surface area (Å²) in [7, 11) is 1.44. The van der Waals surface area contributed by atoms with Crippen LogP contribution in [0, 0.1) is 11.3 Å². The fourth-order valence-corrected chi connectivity index (χ4v) is 2.78. The van der Waals surface area contributed by atoms with Crippen molar-refractivity contribution in [1.29, 1.82) is 5.26 Å².